The number of fused-ring (bicyclic) bond motifs is 1. The predicted octanol–water partition coefficient (Wildman–Crippen LogP) is 5.52. The number of benzene rings is 1. The second-order valence-corrected chi connectivity index (χ2v) is 6.64. The van der Waals surface area contributed by atoms with E-state index in [1.807, 2.05) is 6.07 Å². The third-order valence-corrected chi connectivity index (χ3v) is 4.92. The van der Waals surface area contributed by atoms with Gasteiger partial charge in [0, 0.05) is 15.6 Å². The van der Waals surface area contributed by atoms with Gasteiger partial charge in [-0.2, -0.15) is 0 Å². The van der Waals surface area contributed by atoms with Gasteiger partial charge in [0.15, 0.2) is 0 Å². The fraction of sp³-hybridized carbons (Fsp3) is 0.529. The summed E-state index contributed by atoms with van der Waals surface area (Å²) in [5.41, 5.74) is 0. The molecule has 0 radical (unpaired) electrons. The lowest BCUT2D eigenvalue weighted by Gasteiger charge is -2.24. The van der Waals surface area contributed by atoms with Gasteiger partial charge < -0.3 is 5.32 Å². The first-order valence-electron chi connectivity index (χ1n) is 7.58. The molecule has 0 spiro atoms. The van der Waals surface area contributed by atoms with Crippen LogP contribution in [0.5, 0.6) is 0 Å². The normalized spacial score (nSPS) is 14.6. The van der Waals surface area contributed by atoms with Crippen LogP contribution in [0.3, 0.4) is 0 Å². The molecular formula is C17H24FNS. The molecule has 2 unspecified atom stereocenters. The van der Waals surface area contributed by atoms with Crippen molar-refractivity contribution in [1.29, 1.82) is 0 Å². The van der Waals surface area contributed by atoms with Gasteiger partial charge in [-0.05, 0) is 48.9 Å². The largest absolute Gasteiger partial charge is 0.309 e. The van der Waals surface area contributed by atoms with Crippen molar-refractivity contribution in [3.05, 3.63) is 35.0 Å². The van der Waals surface area contributed by atoms with Crippen LogP contribution in [0.15, 0.2) is 24.3 Å². The van der Waals surface area contributed by atoms with Gasteiger partial charge in [-0.1, -0.05) is 33.3 Å². The fourth-order valence-electron chi connectivity index (χ4n) is 2.68. The van der Waals surface area contributed by atoms with Crippen molar-refractivity contribution in [3.63, 3.8) is 0 Å². The van der Waals surface area contributed by atoms with Crippen LogP contribution in [-0.4, -0.2) is 6.54 Å². The van der Waals surface area contributed by atoms with Gasteiger partial charge in [0.2, 0.25) is 0 Å². The minimum atomic E-state index is -0.148. The molecule has 1 N–H and O–H groups in total. The second kappa shape index (κ2) is 7.19. The van der Waals surface area contributed by atoms with Crippen LogP contribution in [0.4, 0.5) is 4.39 Å². The summed E-state index contributed by atoms with van der Waals surface area (Å²) >= 11 is 1.72. The van der Waals surface area contributed by atoms with Gasteiger partial charge >= 0.3 is 0 Å². The van der Waals surface area contributed by atoms with Crippen molar-refractivity contribution < 1.29 is 4.39 Å². The Morgan fingerprint density at radius 3 is 2.70 bits per heavy atom. The van der Waals surface area contributed by atoms with Crippen molar-refractivity contribution in [2.24, 2.45) is 5.92 Å². The van der Waals surface area contributed by atoms with E-state index in [2.05, 4.69) is 32.2 Å². The molecule has 1 nitrogen and oxygen atoms in total. The Morgan fingerprint density at radius 1 is 1.20 bits per heavy atom. The maximum atomic E-state index is 13.3. The number of halogens is 1. The topological polar surface area (TPSA) is 12.0 Å². The predicted molar refractivity (Wildman–Crippen MR) is 86.9 cm³/mol. The molecule has 3 heteroatoms. The quantitative estimate of drug-likeness (QED) is 0.709. The lowest BCUT2D eigenvalue weighted by molar-refractivity contribution is 0.368. The Labute approximate surface area is 125 Å². The summed E-state index contributed by atoms with van der Waals surface area (Å²) < 4.78 is 14.4. The van der Waals surface area contributed by atoms with Crippen molar-refractivity contribution in [2.45, 2.75) is 46.1 Å². The molecule has 0 saturated carbocycles. The van der Waals surface area contributed by atoms with E-state index in [1.54, 1.807) is 23.5 Å². The summed E-state index contributed by atoms with van der Waals surface area (Å²) in [5, 5.41) is 4.81. The van der Waals surface area contributed by atoms with Gasteiger partial charge in [0.25, 0.3) is 0 Å². The van der Waals surface area contributed by atoms with E-state index in [0.29, 0.717) is 12.0 Å². The van der Waals surface area contributed by atoms with E-state index in [0.717, 1.165) is 23.1 Å². The van der Waals surface area contributed by atoms with Crippen molar-refractivity contribution >= 4 is 21.4 Å². The standard InChI is InChI=1S/C17H24FNS/c1-4-6-12(3)17(19-9-5-2)16-10-13-7-8-14(18)11-15(13)20-16/h7-8,10-12,17,19H,4-6,9H2,1-3H3. The Balaban J connectivity index is 2.29. The molecule has 1 heterocycles. The summed E-state index contributed by atoms with van der Waals surface area (Å²) in [6.45, 7) is 7.76. The van der Waals surface area contributed by atoms with Crippen LogP contribution in [0.2, 0.25) is 0 Å². The van der Waals surface area contributed by atoms with E-state index in [-0.39, 0.29) is 5.82 Å². The molecule has 1 aromatic heterocycles. The van der Waals surface area contributed by atoms with E-state index in [9.17, 15) is 4.39 Å². The lowest BCUT2D eigenvalue weighted by atomic mass is 9.95. The van der Waals surface area contributed by atoms with Crippen LogP contribution in [-0.2, 0) is 0 Å². The van der Waals surface area contributed by atoms with Gasteiger partial charge in [-0.15, -0.1) is 11.3 Å². The number of nitrogens with one attached hydrogen (secondary N) is 1. The van der Waals surface area contributed by atoms with Crippen molar-refractivity contribution in [1.82, 2.24) is 5.32 Å². The van der Waals surface area contributed by atoms with E-state index in [4.69, 9.17) is 0 Å². The molecule has 20 heavy (non-hydrogen) atoms. The zero-order chi connectivity index (χ0) is 14.5. The summed E-state index contributed by atoms with van der Waals surface area (Å²) in [6.07, 6.45) is 3.55. The molecule has 0 aliphatic rings. The molecule has 2 rings (SSSR count). The Morgan fingerprint density at radius 2 is 2.00 bits per heavy atom. The highest BCUT2D eigenvalue weighted by molar-refractivity contribution is 7.19. The van der Waals surface area contributed by atoms with Crippen LogP contribution in [0, 0.1) is 11.7 Å². The maximum absolute atomic E-state index is 13.3. The summed E-state index contributed by atoms with van der Waals surface area (Å²) in [7, 11) is 0. The lowest BCUT2D eigenvalue weighted by Crippen LogP contribution is -2.27. The van der Waals surface area contributed by atoms with Gasteiger partial charge in [0.05, 0.1) is 0 Å². The van der Waals surface area contributed by atoms with Crippen LogP contribution in [0.1, 0.15) is 51.0 Å². The molecule has 0 aliphatic heterocycles. The van der Waals surface area contributed by atoms with Gasteiger partial charge in [-0.25, -0.2) is 4.39 Å². The second-order valence-electron chi connectivity index (χ2n) is 5.53. The van der Waals surface area contributed by atoms with Crippen molar-refractivity contribution in [2.75, 3.05) is 6.54 Å². The molecule has 2 aromatic rings. The SMILES string of the molecule is CCCNC(c1cc2ccc(F)cc2s1)C(C)CCC. The molecule has 0 amide bonds. The highest BCUT2D eigenvalue weighted by atomic mass is 32.1. The Hall–Kier alpha value is -0.930. The van der Waals surface area contributed by atoms with Crippen LogP contribution in [0.25, 0.3) is 10.1 Å². The van der Waals surface area contributed by atoms with Gasteiger partial charge in [-0.3, -0.25) is 0 Å². The number of hydrogen-bond acceptors (Lipinski definition) is 2. The average Bonchev–Trinajstić information content (AvgIpc) is 2.82. The first kappa shape index (κ1) is 15.5. The highest BCUT2D eigenvalue weighted by Gasteiger charge is 2.20. The zero-order valence-electron chi connectivity index (χ0n) is 12.6. The van der Waals surface area contributed by atoms with E-state index >= 15 is 0 Å². The fourth-order valence-corrected chi connectivity index (χ4v) is 3.98. The molecule has 0 bridgehead atoms. The van der Waals surface area contributed by atoms with Gasteiger partial charge in [0.1, 0.15) is 5.82 Å². The Bertz CT molecular complexity index is 549. The summed E-state index contributed by atoms with van der Waals surface area (Å²) in [4.78, 5) is 1.33. The summed E-state index contributed by atoms with van der Waals surface area (Å²) in [6, 6.07) is 7.67. The molecule has 2 atom stereocenters. The molecule has 0 aliphatic carbocycles. The molecule has 0 saturated heterocycles. The van der Waals surface area contributed by atoms with Crippen LogP contribution < -0.4 is 5.32 Å². The maximum Gasteiger partial charge on any atom is 0.124 e. The average molecular weight is 293 g/mol. The number of rotatable bonds is 7. The molecule has 1 aromatic carbocycles. The number of hydrogen-bond donors (Lipinski definition) is 1. The molecule has 110 valence electrons. The van der Waals surface area contributed by atoms with E-state index in [1.165, 1.54) is 17.7 Å². The Kier molecular flexibility index (Phi) is 5.55. The van der Waals surface area contributed by atoms with E-state index < -0.39 is 0 Å². The van der Waals surface area contributed by atoms with Crippen LogP contribution >= 0.6 is 11.3 Å². The monoisotopic (exact) mass is 293 g/mol. The van der Waals surface area contributed by atoms with Crippen molar-refractivity contribution in [3.8, 4) is 0 Å². The first-order valence-corrected chi connectivity index (χ1v) is 8.39. The minimum absolute atomic E-state index is 0.148. The third-order valence-electron chi connectivity index (χ3n) is 3.74. The zero-order valence-corrected chi connectivity index (χ0v) is 13.4. The third kappa shape index (κ3) is 3.58. The minimum Gasteiger partial charge on any atom is -0.309 e. The molecular weight excluding hydrogens is 269 g/mol. The highest BCUT2D eigenvalue weighted by Crippen LogP contribution is 2.35. The number of thiophene rings is 1. The molecule has 0 fully saturated rings. The first-order chi connectivity index (χ1) is 9.65. The summed E-state index contributed by atoms with van der Waals surface area (Å²) in [5.74, 6) is 0.454. The smallest absolute Gasteiger partial charge is 0.124 e.